The molecular formula is C23H19Cl2N5O4. The molecule has 1 aliphatic heterocycles. The molecule has 0 unspecified atom stereocenters. The highest BCUT2D eigenvalue weighted by atomic mass is 35.5. The third-order valence-corrected chi connectivity index (χ3v) is 5.99. The van der Waals surface area contributed by atoms with E-state index in [4.69, 9.17) is 32.0 Å². The fraction of sp³-hybridized carbons (Fsp3) is 0.217. The highest BCUT2D eigenvalue weighted by molar-refractivity contribution is 6.31. The SMILES string of the molecule is O=C(NN1CCC(NC(=O)c2nnc(-c3ccc(Cl)cc3)o2)CC1)c1cc2cc(Cl)ccc2o1. The number of aromatic nitrogens is 2. The Morgan fingerprint density at radius 1 is 0.912 bits per heavy atom. The number of rotatable bonds is 5. The highest BCUT2D eigenvalue weighted by Crippen LogP contribution is 2.23. The summed E-state index contributed by atoms with van der Waals surface area (Å²) in [5.74, 6) is -0.426. The van der Waals surface area contributed by atoms with Crippen LogP contribution in [0.25, 0.3) is 22.4 Å². The molecule has 11 heteroatoms. The molecule has 2 aromatic carbocycles. The van der Waals surface area contributed by atoms with Gasteiger partial charge >= 0.3 is 17.7 Å². The van der Waals surface area contributed by atoms with Crippen LogP contribution in [0.5, 0.6) is 0 Å². The number of hydrogen-bond acceptors (Lipinski definition) is 7. The number of halogens is 2. The molecule has 0 bridgehead atoms. The lowest BCUT2D eigenvalue weighted by Gasteiger charge is -2.31. The summed E-state index contributed by atoms with van der Waals surface area (Å²) in [6, 6.07) is 13.6. The van der Waals surface area contributed by atoms with Gasteiger partial charge in [-0.3, -0.25) is 15.0 Å². The van der Waals surface area contributed by atoms with Crippen LogP contribution in [0.2, 0.25) is 10.0 Å². The standard InChI is InChI=1S/C23H19Cl2N5O4/c24-15-3-1-13(2-4-15)22-27-28-23(34-22)21(32)26-17-7-9-30(10-8-17)29-20(31)19-12-14-11-16(25)5-6-18(14)33-19/h1-6,11-12,17H,7-10H2,(H,26,32)(H,29,31). The van der Waals surface area contributed by atoms with Crippen molar-refractivity contribution in [1.82, 2.24) is 25.9 Å². The number of hydrazine groups is 1. The topological polar surface area (TPSA) is 114 Å². The van der Waals surface area contributed by atoms with Crippen molar-refractivity contribution in [2.75, 3.05) is 13.1 Å². The van der Waals surface area contributed by atoms with Crippen LogP contribution in [0.3, 0.4) is 0 Å². The monoisotopic (exact) mass is 499 g/mol. The summed E-state index contributed by atoms with van der Waals surface area (Å²) >= 11 is 11.9. The maximum Gasteiger partial charge on any atom is 0.309 e. The Labute approximate surface area is 204 Å². The Bertz CT molecular complexity index is 1340. The number of fused-ring (bicyclic) bond motifs is 1. The van der Waals surface area contributed by atoms with Gasteiger partial charge in [0.15, 0.2) is 5.76 Å². The van der Waals surface area contributed by atoms with E-state index < -0.39 is 5.91 Å². The van der Waals surface area contributed by atoms with Crippen LogP contribution in [0.15, 0.2) is 57.4 Å². The van der Waals surface area contributed by atoms with E-state index >= 15 is 0 Å². The molecule has 2 aromatic heterocycles. The van der Waals surface area contributed by atoms with Gasteiger partial charge in [-0.15, -0.1) is 10.2 Å². The normalized spacial score (nSPS) is 14.9. The second kappa shape index (κ2) is 9.46. The van der Waals surface area contributed by atoms with Crippen molar-refractivity contribution < 1.29 is 18.4 Å². The highest BCUT2D eigenvalue weighted by Gasteiger charge is 2.25. The molecule has 174 valence electrons. The maximum absolute atomic E-state index is 12.6. The average molecular weight is 500 g/mol. The molecule has 2 N–H and O–H groups in total. The van der Waals surface area contributed by atoms with E-state index in [0.29, 0.717) is 47.1 Å². The second-order valence-corrected chi connectivity index (χ2v) is 8.76. The Balaban J connectivity index is 1.13. The van der Waals surface area contributed by atoms with Gasteiger partial charge in [0.2, 0.25) is 5.89 Å². The van der Waals surface area contributed by atoms with Gasteiger partial charge in [0.25, 0.3) is 0 Å². The lowest BCUT2D eigenvalue weighted by atomic mass is 10.1. The van der Waals surface area contributed by atoms with Crippen molar-refractivity contribution in [3.05, 3.63) is 70.2 Å². The van der Waals surface area contributed by atoms with Crippen LogP contribution >= 0.6 is 23.2 Å². The van der Waals surface area contributed by atoms with Crippen LogP contribution in [-0.4, -0.2) is 46.2 Å². The predicted octanol–water partition coefficient (Wildman–Crippen LogP) is 4.33. The fourth-order valence-electron chi connectivity index (χ4n) is 3.73. The van der Waals surface area contributed by atoms with Crippen LogP contribution in [0, 0.1) is 0 Å². The average Bonchev–Trinajstić information content (AvgIpc) is 3.48. The molecule has 4 aromatic rings. The van der Waals surface area contributed by atoms with Gasteiger partial charge in [0.05, 0.1) is 0 Å². The van der Waals surface area contributed by atoms with E-state index in [0.717, 1.165) is 5.39 Å². The van der Waals surface area contributed by atoms with Crippen molar-refractivity contribution in [1.29, 1.82) is 0 Å². The molecule has 1 saturated heterocycles. The number of hydrogen-bond donors (Lipinski definition) is 2. The molecule has 0 spiro atoms. The molecule has 2 amide bonds. The number of piperidine rings is 1. The molecule has 9 nitrogen and oxygen atoms in total. The van der Waals surface area contributed by atoms with Gasteiger partial charge in [-0.05, 0) is 61.4 Å². The lowest BCUT2D eigenvalue weighted by molar-refractivity contribution is 0.0675. The van der Waals surface area contributed by atoms with Crippen molar-refractivity contribution in [3.63, 3.8) is 0 Å². The Kier molecular flexibility index (Phi) is 6.23. The van der Waals surface area contributed by atoms with Gasteiger partial charge < -0.3 is 14.2 Å². The minimum Gasteiger partial charge on any atom is -0.451 e. The van der Waals surface area contributed by atoms with Crippen LogP contribution in [0.4, 0.5) is 0 Å². The third-order valence-electron chi connectivity index (χ3n) is 5.50. The van der Waals surface area contributed by atoms with Gasteiger partial charge in [-0.25, -0.2) is 5.01 Å². The second-order valence-electron chi connectivity index (χ2n) is 7.89. The minimum atomic E-state index is -0.434. The number of carbonyl (C=O) groups excluding carboxylic acids is 2. The van der Waals surface area contributed by atoms with Crippen molar-refractivity contribution in [3.8, 4) is 11.5 Å². The smallest absolute Gasteiger partial charge is 0.309 e. The molecule has 0 atom stereocenters. The zero-order valence-electron chi connectivity index (χ0n) is 17.8. The van der Waals surface area contributed by atoms with Crippen LogP contribution < -0.4 is 10.7 Å². The number of nitrogens with zero attached hydrogens (tertiary/aromatic N) is 3. The number of nitrogens with one attached hydrogen (secondary N) is 2. The van der Waals surface area contributed by atoms with Gasteiger partial charge in [0, 0.05) is 40.1 Å². The Hall–Kier alpha value is -3.40. The summed E-state index contributed by atoms with van der Waals surface area (Å²) in [5, 5.41) is 14.4. The van der Waals surface area contributed by atoms with E-state index in [-0.39, 0.29) is 29.5 Å². The van der Waals surface area contributed by atoms with E-state index in [1.165, 1.54) is 0 Å². The first kappa shape index (κ1) is 22.4. The van der Waals surface area contributed by atoms with E-state index in [1.807, 2.05) is 0 Å². The first-order valence-corrected chi connectivity index (χ1v) is 11.4. The van der Waals surface area contributed by atoms with E-state index in [9.17, 15) is 9.59 Å². The third kappa shape index (κ3) is 4.91. The summed E-state index contributed by atoms with van der Waals surface area (Å²) in [6.07, 6.45) is 1.28. The number of benzene rings is 2. The number of amides is 2. The van der Waals surface area contributed by atoms with Gasteiger partial charge in [-0.1, -0.05) is 23.2 Å². The Morgan fingerprint density at radius 3 is 2.41 bits per heavy atom. The van der Waals surface area contributed by atoms with Crippen molar-refractivity contribution in [2.45, 2.75) is 18.9 Å². The summed E-state index contributed by atoms with van der Waals surface area (Å²) in [6.45, 7) is 1.12. The maximum atomic E-state index is 12.6. The van der Waals surface area contributed by atoms with E-state index in [2.05, 4.69) is 20.9 Å². The molecule has 0 aliphatic carbocycles. The Morgan fingerprint density at radius 2 is 1.65 bits per heavy atom. The number of carbonyl (C=O) groups is 2. The quantitative estimate of drug-likeness (QED) is 0.420. The molecule has 0 radical (unpaired) electrons. The lowest BCUT2D eigenvalue weighted by Crippen LogP contribution is -2.51. The zero-order chi connectivity index (χ0) is 23.7. The number of furan rings is 1. The molecular weight excluding hydrogens is 481 g/mol. The first-order chi connectivity index (χ1) is 16.4. The summed E-state index contributed by atoms with van der Waals surface area (Å²) in [7, 11) is 0. The molecule has 0 saturated carbocycles. The van der Waals surface area contributed by atoms with Crippen LogP contribution in [-0.2, 0) is 0 Å². The largest absolute Gasteiger partial charge is 0.451 e. The summed E-state index contributed by atoms with van der Waals surface area (Å²) < 4.78 is 11.1. The van der Waals surface area contributed by atoms with Gasteiger partial charge in [-0.2, -0.15) is 0 Å². The first-order valence-electron chi connectivity index (χ1n) is 10.6. The van der Waals surface area contributed by atoms with Crippen LogP contribution in [0.1, 0.15) is 34.1 Å². The summed E-state index contributed by atoms with van der Waals surface area (Å²) in [4.78, 5) is 25.1. The molecule has 34 heavy (non-hydrogen) atoms. The van der Waals surface area contributed by atoms with E-state index in [1.54, 1.807) is 53.5 Å². The van der Waals surface area contributed by atoms with Crippen molar-refractivity contribution in [2.24, 2.45) is 0 Å². The van der Waals surface area contributed by atoms with Gasteiger partial charge in [0.1, 0.15) is 5.58 Å². The molecule has 5 rings (SSSR count). The van der Waals surface area contributed by atoms with Crippen molar-refractivity contribution >= 4 is 46.0 Å². The minimum absolute atomic E-state index is 0.0834. The molecule has 3 heterocycles. The predicted molar refractivity (Wildman–Crippen MR) is 125 cm³/mol. The fourth-order valence-corrected chi connectivity index (χ4v) is 4.04. The summed E-state index contributed by atoms with van der Waals surface area (Å²) in [5.41, 5.74) is 4.11. The zero-order valence-corrected chi connectivity index (χ0v) is 19.3. The molecule has 1 fully saturated rings. The molecule has 1 aliphatic rings.